The average molecular weight is 273 g/mol. The van der Waals surface area contributed by atoms with Crippen LogP contribution in [0, 0.1) is 0 Å². The summed E-state index contributed by atoms with van der Waals surface area (Å²) < 4.78 is 0. The normalized spacial score (nSPS) is 14.7. The zero-order valence-electron chi connectivity index (χ0n) is 13.6. The highest BCUT2D eigenvalue weighted by molar-refractivity contribution is 7.75. The van der Waals surface area contributed by atoms with E-state index in [0.29, 0.717) is 0 Å². The molecule has 0 radical (unpaired) electrons. The molecule has 0 rings (SSSR count). The van der Waals surface area contributed by atoms with Crippen molar-refractivity contribution in [2.75, 3.05) is 24.6 Å². The van der Waals surface area contributed by atoms with Crippen molar-refractivity contribution in [2.24, 2.45) is 0 Å². The molecule has 0 aliphatic carbocycles. The van der Waals surface area contributed by atoms with Gasteiger partial charge in [0.25, 0.3) is 0 Å². The van der Waals surface area contributed by atoms with E-state index in [9.17, 15) is 0 Å². The Morgan fingerprint density at radius 1 is 0.500 bits per heavy atom. The molecule has 0 aromatic rings. The van der Waals surface area contributed by atoms with Gasteiger partial charge >= 0.3 is 0 Å². The maximum absolute atomic E-state index is 2.48. The molecule has 0 amide bonds. The first-order valence-electron chi connectivity index (χ1n) is 8.59. The number of rotatable bonds is 13. The predicted octanol–water partition coefficient (Wildman–Crippen LogP) is 6.59. The Kier molecular flexibility index (Phi) is 12.8. The summed E-state index contributed by atoms with van der Waals surface area (Å²) in [6, 6.07) is 0. The molecule has 0 aliphatic heterocycles. The minimum Gasteiger partial charge on any atom is -0.0654 e. The quantitative estimate of drug-likeness (QED) is 0.262. The van der Waals surface area contributed by atoms with Crippen molar-refractivity contribution in [3.8, 4) is 0 Å². The fourth-order valence-electron chi connectivity index (χ4n) is 2.87. The molecule has 110 valence electrons. The number of hydrogen-bond donors (Lipinski definition) is 0. The van der Waals surface area contributed by atoms with Gasteiger partial charge in [-0.1, -0.05) is 52.9 Å². The molecule has 0 fully saturated rings. The van der Waals surface area contributed by atoms with E-state index in [1.807, 2.05) is 0 Å². The van der Waals surface area contributed by atoms with Crippen molar-refractivity contribution in [3.63, 3.8) is 0 Å². The molecular formula is C17H38P+. The Labute approximate surface area is 118 Å². The maximum Gasteiger partial charge on any atom is 0.0594 e. The van der Waals surface area contributed by atoms with Crippen LogP contribution in [-0.2, 0) is 0 Å². The van der Waals surface area contributed by atoms with Gasteiger partial charge in [-0.05, 0) is 32.6 Å². The summed E-state index contributed by atoms with van der Waals surface area (Å²) in [5, 5.41) is 0. The first-order valence-corrected chi connectivity index (χ1v) is 11.1. The molecule has 0 spiro atoms. The Hall–Kier alpha value is 0.430. The smallest absolute Gasteiger partial charge is 0.0594 e. The van der Waals surface area contributed by atoms with E-state index in [-0.39, 0.29) is 0 Å². The highest BCUT2D eigenvalue weighted by atomic mass is 31.2. The molecule has 0 saturated heterocycles. The van der Waals surface area contributed by atoms with Gasteiger partial charge in [0.2, 0.25) is 0 Å². The molecule has 0 aromatic heterocycles. The van der Waals surface area contributed by atoms with Gasteiger partial charge in [0.15, 0.2) is 0 Å². The van der Waals surface area contributed by atoms with Gasteiger partial charge in [-0.15, -0.1) is 0 Å². The van der Waals surface area contributed by atoms with Gasteiger partial charge in [-0.25, -0.2) is 0 Å². The lowest BCUT2D eigenvalue weighted by molar-refractivity contribution is 0.699. The summed E-state index contributed by atoms with van der Waals surface area (Å²) in [6.45, 7) is 9.49. The molecule has 0 aromatic carbocycles. The Morgan fingerprint density at radius 3 is 1.44 bits per heavy atom. The molecule has 18 heavy (non-hydrogen) atoms. The lowest BCUT2D eigenvalue weighted by Crippen LogP contribution is -2.11. The third-order valence-electron chi connectivity index (χ3n) is 4.38. The minimum atomic E-state index is -0.563. The summed E-state index contributed by atoms with van der Waals surface area (Å²) >= 11 is 0. The van der Waals surface area contributed by atoms with Gasteiger partial charge < -0.3 is 0 Å². The second kappa shape index (κ2) is 12.5. The van der Waals surface area contributed by atoms with Gasteiger partial charge in [-0.2, -0.15) is 0 Å². The van der Waals surface area contributed by atoms with Gasteiger partial charge in [0, 0.05) is 7.26 Å². The molecule has 0 bridgehead atoms. The Bertz CT molecular complexity index is 167. The largest absolute Gasteiger partial charge is 0.0654 e. The fourth-order valence-corrected chi connectivity index (χ4v) is 7.27. The van der Waals surface area contributed by atoms with Crippen molar-refractivity contribution in [3.05, 3.63) is 0 Å². The van der Waals surface area contributed by atoms with Gasteiger partial charge in [0.05, 0.1) is 24.6 Å². The molecule has 0 aliphatic rings. The molecule has 1 atom stereocenters. The third kappa shape index (κ3) is 8.52. The van der Waals surface area contributed by atoms with Gasteiger partial charge in [0.1, 0.15) is 0 Å². The summed E-state index contributed by atoms with van der Waals surface area (Å²) in [4.78, 5) is 0. The molecule has 0 nitrogen and oxygen atoms in total. The first kappa shape index (κ1) is 18.4. The fraction of sp³-hybridized carbons (Fsp3) is 1.00. The van der Waals surface area contributed by atoms with Crippen LogP contribution in [0.5, 0.6) is 0 Å². The third-order valence-corrected chi connectivity index (χ3v) is 9.52. The highest BCUT2D eigenvalue weighted by Crippen LogP contribution is 2.60. The summed E-state index contributed by atoms with van der Waals surface area (Å²) in [6.07, 6.45) is 19.4. The minimum absolute atomic E-state index is 0.563. The molecule has 0 saturated carbocycles. The van der Waals surface area contributed by atoms with Crippen LogP contribution in [-0.4, -0.2) is 24.6 Å². The monoisotopic (exact) mass is 273 g/mol. The van der Waals surface area contributed by atoms with Crippen LogP contribution in [0.1, 0.15) is 85.5 Å². The van der Waals surface area contributed by atoms with E-state index in [1.54, 1.807) is 18.5 Å². The highest BCUT2D eigenvalue weighted by Gasteiger charge is 2.33. The maximum atomic E-state index is 2.48. The molecular weight excluding hydrogens is 235 g/mol. The van der Waals surface area contributed by atoms with Crippen LogP contribution in [0.15, 0.2) is 0 Å². The topological polar surface area (TPSA) is 0 Å². The first-order chi connectivity index (χ1) is 8.74. The van der Waals surface area contributed by atoms with Crippen LogP contribution in [0.25, 0.3) is 0 Å². The van der Waals surface area contributed by atoms with Gasteiger partial charge in [-0.3, -0.25) is 0 Å². The lowest BCUT2D eigenvalue weighted by atomic mass is 10.2. The van der Waals surface area contributed by atoms with E-state index in [2.05, 4.69) is 27.7 Å². The summed E-state index contributed by atoms with van der Waals surface area (Å²) in [5.41, 5.74) is 0. The van der Waals surface area contributed by atoms with Crippen molar-refractivity contribution < 1.29 is 0 Å². The molecule has 1 heteroatoms. The van der Waals surface area contributed by atoms with Crippen molar-refractivity contribution in [1.82, 2.24) is 0 Å². The Balaban J connectivity index is 4.15. The van der Waals surface area contributed by atoms with E-state index in [0.717, 1.165) is 0 Å². The predicted molar refractivity (Wildman–Crippen MR) is 90.6 cm³/mol. The average Bonchev–Trinajstić information content (AvgIpc) is 2.40. The molecule has 0 heterocycles. The second-order valence-electron chi connectivity index (χ2n) is 5.95. The van der Waals surface area contributed by atoms with E-state index in [1.165, 1.54) is 63.9 Å². The second-order valence-corrected chi connectivity index (χ2v) is 10.6. The van der Waals surface area contributed by atoms with Crippen LogP contribution >= 0.6 is 7.26 Å². The van der Waals surface area contributed by atoms with E-state index in [4.69, 9.17) is 0 Å². The zero-order chi connectivity index (χ0) is 13.7. The van der Waals surface area contributed by atoms with Crippen LogP contribution < -0.4 is 0 Å². The van der Waals surface area contributed by atoms with E-state index >= 15 is 0 Å². The van der Waals surface area contributed by atoms with Crippen LogP contribution in [0.3, 0.4) is 0 Å². The number of hydrogen-bond acceptors (Lipinski definition) is 0. The van der Waals surface area contributed by atoms with Crippen LogP contribution in [0.4, 0.5) is 0 Å². The van der Waals surface area contributed by atoms with E-state index < -0.39 is 7.26 Å². The Morgan fingerprint density at radius 2 is 0.944 bits per heavy atom. The molecule has 0 N–H and O–H groups in total. The lowest BCUT2D eigenvalue weighted by Gasteiger charge is -2.26. The van der Waals surface area contributed by atoms with Crippen LogP contribution in [0.2, 0.25) is 0 Å². The summed E-state index contributed by atoms with van der Waals surface area (Å²) in [5.74, 6) is 0. The SMILES string of the molecule is CCCCCC[P+](CC)(CCCC)CCCCC. The van der Waals surface area contributed by atoms with Crippen molar-refractivity contribution >= 4 is 7.26 Å². The standard InChI is InChI=1S/C17H38P/c1-5-9-12-14-17-18(8-4,15-11-7-3)16-13-10-6-2/h5-17H2,1-4H3/q+1. The van der Waals surface area contributed by atoms with Crippen molar-refractivity contribution in [1.29, 1.82) is 0 Å². The molecule has 1 unspecified atom stereocenters. The zero-order valence-corrected chi connectivity index (χ0v) is 14.5. The number of unbranched alkanes of at least 4 members (excludes halogenated alkanes) is 6. The summed E-state index contributed by atoms with van der Waals surface area (Å²) in [7, 11) is -0.563. The van der Waals surface area contributed by atoms with Crippen molar-refractivity contribution in [2.45, 2.75) is 85.5 Å².